The van der Waals surface area contributed by atoms with Gasteiger partial charge in [-0.15, -0.1) is 23.5 Å². The first-order chi connectivity index (χ1) is 11.8. The van der Waals surface area contributed by atoms with Crippen LogP contribution in [0.3, 0.4) is 0 Å². The van der Waals surface area contributed by atoms with E-state index in [9.17, 15) is 4.79 Å². The van der Waals surface area contributed by atoms with E-state index < -0.39 is 0 Å². The number of thioether (sulfide) groups is 2. The van der Waals surface area contributed by atoms with Crippen LogP contribution in [-0.2, 0) is 0 Å². The molecule has 0 aliphatic carbocycles. The lowest BCUT2D eigenvalue weighted by Crippen LogP contribution is -2.41. The van der Waals surface area contributed by atoms with Crippen LogP contribution in [0.15, 0.2) is 58.3 Å². The van der Waals surface area contributed by atoms with Gasteiger partial charge in [0.1, 0.15) is 0 Å². The molecular formula is C19H20N2OS2. The number of amides is 2. The molecule has 0 bridgehead atoms. The molecule has 5 heteroatoms. The predicted octanol–water partition coefficient (Wildman–Crippen LogP) is 4.76. The smallest absolute Gasteiger partial charge is 0.315 e. The molecule has 0 radical (unpaired) electrons. The average Bonchev–Trinajstić information content (AvgIpc) is 2.62. The first-order valence-corrected chi connectivity index (χ1v) is 10.3. The number of hydrogen-bond donors (Lipinski definition) is 2. The summed E-state index contributed by atoms with van der Waals surface area (Å²) in [5.41, 5.74) is 2.48. The number of carbonyl (C=O) groups excluding carboxylic acids is 1. The number of carbonyl (C=O) groups is 1. The maximum Gasteiger partial charge on any atom is 0.315 e. The van der Waals surface area contributed by atoms with Crippen LogP contribution in [0.25, 0.3) is 0 Å². The summed E-state index contributed by atoms with van der Waals surface area (Å²) in [4.78, 5) is 15.1. The highest BCUT2D eigenvalue weighted by atomic mass is 32.2. The number of nitrogens with one attached hydrogen (secondary N) is 2. The standard InChI is InChI=1S/C19H20N2OS2/c22-19(20-15-9-11-23-17-7-3-1-5-13(15)17)21-16-10-12-24-18-8-4-2-6-14(16)18/h1-8,15-16H,9-12H2,(H2,20,21,22). The van der Waals surface area contributed by atoms with Crippen molar-refractivity contribution >= 4 is 29.6 Å². The molecule has 3 nitrogen and oxygen atoms in total. The van der Waals surface area contributed by atoms with Crippen molar-refractivity contribution in [1.82, 2.24) is 10.6 Å². The fourth-order valence-electron chi connectivity index (χ4n) is 3.34. The maximum atomic E-state index is 12.6. The van der Waals surface area contributed by atoms with Crippen molar-refractivity contribution in [2.24, 2.45) is 0 Å². The van der Waals surface area contributed by atoms with Gasteiger partial charge in [0.05, 0.1) is 12.1 Å². The molecule has 2 aromatic carbocycles. The van der Waals surface area contributed by atoms with E-state index in [2.05, 4.69) is 47.0 Å². The lowest BCUT2D eigenvalue weighted by molar-refractivity contribution is 0.232. The zero-order chi connectivity index (χ0) is 16.4. The fraction of sp³-hybridized carbons (Fsp3) is 0.316. The van der Waals surface area contributed by atoms with Crippen LogP contribution in [0.4, 0.5) is 4.79 Å². The third-order valence-electron chi connectivity index (χ3n) is 4.53. The Morgan fingerprint density at radius 1 is 0.792 bits per heavy atom. The van der Waals surface area contributed by atoms with Crippen LogP contribution in [0.1, 0.15) is 36.1 Å². The van der Waals surface area contributed by atoms with Gasteiger partial charge in [0.15, 0.2) is 0 Å². The molecule has 2 heterocycles. The van der Waals surface area contributed by atoms with Gasteiger partial charge in [-0.1, -0.05) is 36.4 Å². The van der Waals surface area contributed by atoms with Gasteiger partial charge in [0.25, 0.3) is 0 Å². The van der Waals surface area contributed by atoms with Crippen molar-refractivity contribution in [3.05, 3.63) is 59.7 Å². The van der Waals surface area contributed by atoms with Crippen molar-refractivity contribution in [2.45, 2.75) is 34.7 Å². The van der Waals surface area contributed by atoms with Crippen molar-refractivity contribution < 1.29 is 4.79 Å². The fourth-order valence-corrected chi connectivity index (χ4v) is 5.59. The molecule has 124 valence electrons. The molecule has 2 atom stereocenters. The Labute approximate surface area is 151 Å². The number of benzene rings is 2. The van der Waals surface area contributed by atoms with Gasteiger partial charge in [0.2, 0.25) is 0 Å². The first-order valence-electron chi connectivity index (χ1n) is 8.32. The number of fused-ring (bicyclic) bond motifs is 2. The van der Waals surface area contributed by atoms with Crippen LogP contribution in [0, 0.1) is 0 Å². The second-order valence-electron chi connectivity index (χ2n) is 6.07. The van der Waals surface area contributed by atoms with Crippen molar-refractivity contribution in [3.63, 3.8) is 0 Å². The lowest BCUT2D eigenvalue weighted by Gasteiger charge is -2.29. The molecule has 2 aliphatic heterocycles. The van der Waals surface area contributed by atoms with Crippen LogP contribution >= 0.6 is 23.5 Å². The molecule has 0 saturated heterocycles. The summed E-state index contributed by atoms with van der Waals surface area (Å²) in [6, 6.07) is 16.9. The molecular weight excluding hydrogens is 336 g/mol. The van der Waals surface area contributed by atoms with Crippen molar-refractivity contribution in [2.75, 3.05) is 11.5 Å². The van der Waals surface area contributed by atoms with Crippen LogP contribution in [-0.4, -0.2) is 17.5 Å². The largest absolute Gasteiger partial charge is 0.331 e. The quantitative estimate of drug-likeness (QED) is 0.815. The van der Waals surface area contributed by atoms with E-state index in [1.807, 2.05) is 35.7 Å². The number of urea groups is 1. The molecule has 0 spiro atoms. The number of rotatable bonds is 2. The average molecular weight is 357 g/mol. The van der Waals surface area contributed by atoms with E-state index in [-0.39, 0.29) is 18.1 Å². The number of hydrogen-bond acceptors (Lipinski definition) is 3. The maximum absolute atomic E-state index is 12.6. The second kappa shape index (κ2) is 7.11. The Hall–Kier alpha value is -1.59. The Morgan fingerprint density at radius 3 is 1.75 bits per heavy atom. The van der Waals surface area contributed by atoms with E-state index >= 15 is 0 Å². The molecule has 4 rings (SSSR count). The topological polar surface area (TPSA) is 41.1 Å². The summed E-state index contributed by atoms with van der Waals surface area (Å²) >= 11 is 3.74. The zero-order valence-electron chi connectivity index (χ0n) is 13.3. The van der Waals surface area contributed by atoms with E-state index in [1.165, 1.54) is 20.9 Å². The minimum absolute atomic E-state index is 0.0617. The highest BCUT2D eigenvalue weighted by Gasteiger charge is 2.25. The van der Waals surface area contributed by atoms with Gasteiger partial charge in [-0.3, -0.25) is 0 Å². The first kappa shape index (κ1) is 15.9. The monoisotopic (exact) mass is 356 g/mol. The molecule has 0 fully saturated rings. The van der Waals surface area contributed by atoms with E-state index in [0.717, 1.165) is 24.3 Å². The molecule has 2 aromatic rings. The van der Waals surface area contributed by atoms with Gasteiger partial charge in [-0.05, 0) is 36.1 Å². The Kier molecular flexibility index (Phi) is 4.72. The Bertz CT molecular complexity index is 688. The van der Waals surface area contributed by atoms with Gasteiger partial charge >= 0.3 is 6.03 Å². The van der Waals surface area contributed by atoms with Crippen LogP contribution in [0.5, 0.6) is 0 Å². The molecule has 2 amide bonds. The summed E-state index contributed by atoms with van der Waals surface area (Å²) in [7, 11) is 0. The normalized spacial score (nSPS) is 22.2. The van der Waals surface area contributed by atoms with Crippen LogP contribution < -0.4 is 10.6 Å². The highest BCUT2D eigenvalue weighted by Crippen LogP contribution is 2.37. The molecule has 0 saturated carbocycles. The summed E-state index contributed by atoms with van der Waals surface area (Å²) in [6.45, 7) is 0. The molecule has 2 N–H and O–H groups in total. The highest BCUT2D eigenvalue weighted by molar-refractivity contribution is 7.99. The SMILES string of the molecule is O=C(NC1CCSc2ccccc21)NC1CCSc2ccccc21. The molecule has 2 unspecified atom stereocenters. The summed E-state index contributed by atoms with van der Waals surface area (Å²) in [5.74, 6) is 2.09. The Balaban J connectivity index is 1.45. The van der Waals surface area contributed by atoms with E-state index in [4.69, 9.17) is 0 Å². The minimum Gasteiger partial charge on any atom is -0.331 e. The molecule has 24 heavy (non-hydrogen) atoms. The van der Waals surface area contributed by atoms with Crippen LogP contribution in [0.2, 0.25) is 0 Å². The summed E-state index contributed by atoms with van der Waals surface area (Å²) in [5, 5.41) is 6.37. The third-order valence-corrected chi connectivity index (χ3v) is 6.77. The minimum atomic E-state index is -0.0617. The Morgan fingerprint density at radius 2 is 1.25 bits per heavy atom. The van der Waals surface area contributed by atoms with Crippen molar-refractivity contribution in [3.8, 4) is 0 Å². The third kappa shape index (κ3) is 3.28. The van der Waals surface area contributed by atoms with Crippen molar-refractivity contribution in [1.29, 1.82) is 0 Å². The lowest BCUT2D eigenvalue weighted by atomic mass is 10.0. The second-order valence-corrected chi connectivity index (χ2v) is 8.35. The molecule has 0 aromatic heterocycles. The molecule has 2 aliphatic rings. The van der Waals surface area contributed by atoms with Gasteiger partial charge < -0.3 is 10.6 Å². The van der Waals surface area contributed by atoms with E-state index in [0.29, 0.717) is 0 Å². The zero-order valence-corrected chi connectivity index (χ0v) is 15.0. The predicted molar refractivity (Wildman–Crippen MR) is 101 cm³/mol. The summed E-state index contributed by atoms with van der Waals surface area (Å²) in [6.07, 6.45) is 1.96. The summed E-state index contributed by atoms with van der Waals surface area (Å²) < 4.78 is 0. The van der Waals surface area contributed by atoms with Gasteiger partial charge in [0, 0.05) is 21.3 Å². The van der Waals surface area contributed by atoms with Gasteiger partial charge in [-0.2, -0.15) is 0 Å². The van der Waals surface area contributed by atoms with E-state index in [1.54, 1.807) is 0 Å². The van der Waals surface area contributed by atoms with Gasteiger partial charge in [-0.25, -0.2) is 4.79 Å².